The molecule has 2 fully saturated rings. The lowest BCUT2D eigenvalue weighted by molar-refractivity contribution is -0.0957. The second kappa shape index (κ2) is 5.71. The van der Waals surface area contributed by atoms with E-state index in [1.807, 2.05) is 0 Å². The third kappa shape index (κ3) is 2.85. The van der Waals surface area contributed by atoms with Gasteiger partial charge in [-0.15, -0.1) is 0 Å². The third-order valence-electron chi connectivity index (χ3n) is 5.29. The molecule has 1 N–H and O–H groups in total. The van der Waals surface area contributed by atoms with E-state index in [-0.39, 0.29) is 5.60 Å². The molecule has 2 aliphatic rings. The van der Waals surface area contributed by atoms with Gasteiger partial charge in [-0.25, -0.2) is 0 Å². The molecule has 1 aliphatic carbocycles. The maximum absolute atomic E-state index is 11.0. The van der Waals surface area contributed by atoms with E-state index in [1.54, 1.807) is 0 Å². The summed E-state index contributed by atoms with van der Waals surface area (Å²) in [7, 11) is 0. The average Bonchev–Trinajstić information content (AvgIpc) is 2.39. The molecule has 17 heavy (non-hydrogen) atoms. The Morgan fingerprint density at radius 3 is 2.35 bits per heavy atom. The van der Waals surface area contributed by atoms with Crippen LogP contribution in [0.4, 0.5) is 0 Å². The first-order valence-electron chi connectivity index (χ1n) is 7.64. The zero-order valence-electron chi connectivity index (χ0n) is 11.6. The Hall–Kier alpha value is -0.0800. The van der Waals surface area contributed by atoms with Crippen LogP contribution in [0.3, 0.4) is 0 Å². The fraction of sp³-hybridized carbons (Fsp3) is 1.00. The first kappa shape index (κ1) is 13.4. The second-order valence-electron chi connectivity index (χ2n) is 6.10. The molecule has 2 unspecified atom stereocenters. The summed E-state index contributed by atoms with van der Waals surface area (Å²) in [5, 5.41) is 11.0. The van der Waals surface area contributed by atoms with Crippen molar-refractivity contribution in [3.63, 3.8) is 0 Å². The molecule has 0 amide bonds. The Kier molecular flexibility index (Phi) is 4.48. The van der Waals surface area contributed by atoms with Crippen molar-refractivity contribution in [2.24, 2.45) is 11.8 Å². The molecule has 100 valence electrons. The highest BCUT2D eigenvalue weighted by Crippen LogP contribution is 2.43. The molecule has 1 saturated heterocycles. The largest absolute Gasteiger partial charge is 0.389 e. The van der Waals surface area contributed by atoms with Crippen molar-refractivity contribution in [2.45, 2.75) is 64.4 Å². The van der Waals surface area contributed by atoms with Crippen LogP contribution in [-0.4, -0.2) is 35.2 Å². The van der Waals surface area contributed by atoms with Gasteiger partial charge in [-0.05, 0) is 37.6 Å². The molecule has 2 nitrogen and oxygen atoms in total. The highest BCUT2D eigenvalue weighted by molar-refractivity contribution is 4.95. The summed E-state index contributed by atoms with van der Waals surface area (Å²) in [5.41, 5.74) is -0.341. The van der Waals surface area contributed by atoms with Crippen LogP contribution in [0.5, 0.6) is 0 Å². The van der Waals surface area contributed by atoms with Crippen molar-refractivity contribution in [3.05, 3.63) is 0 Å². The van der Waals surface area contributed by atoms with Crippen molar-refractivity contribution in [2.75, 3.05) is 19.6 Å². The maximum atomic E-state index is 11.0. The van der Waals surface area contributed by atoms with Crippen LogP contribution in [0.2, 0.25) is 0 Å². The van der Waals surface area contributed by atoms with Crippen LogP contribution in [0.1, 0.15) is 58.8 Å². The van der Waals surface area contributed by atoms with Gasteiger partial charge in [-0.3, -0.25) is 0 Å². The molecule has 2 heteroatoms. The molecule has 0 bridgehead atoms. The minimum absolute atomic E-state index is 0.341. The van der Waals surface area contributed by atoms with E-state index < -0.39 is 0 Å². The van der Waals surface area contributed by atoms with Gasteiger partial charge >= 0.3 is 0 Å². The topological polar surface area (TPSA) is 23.5 Å². The van der Waals surface area contributed by atoms with Gasteiger partial charge in [0.15, 0.2) is 0 Å². The summed E-state index contributed by atoms with van der Waals surface area (Å²) >= 11 is 0. The number of hydrogen-bond donors (Lipinski definition) is 1. The maximum Gasteiger partial charge on any atom is 0.0702 e. The van der Waals surface area contributed by atoms with Crippen LogP contribution in [0, 0.1) is 11.8 Å². The van der Waals surface area contributed by atoms with Gasteiger partial charge in [0.05, 0.1) is 5.60 Å². The lowest BCUT2D eigenvalue weighted by atomic mass is 9.66. The summed E-state index contributed by atoms with van der Waals surface area (Å²) < 4.78 is 0. The van der Waals surface area contributed by atoms with E-state index >= 15 is 0 Å². The summed E-state index contributed by atoms with van der Waals surface area (Å²) in [6.45, 7) is 7.85. The summed E-state index contributed by atoms with van der Waals surface area (Å²) in [6, 6.07) is 0. The Morgan fingerprint density at radius 2 is 1.76 bits per heavy atom. The number of aliphatic hydroxyl groups is 1. The Morgan fingerprint density at radius 1 is 1.12 bits per heavy atom. The molecule has 1 saturated carbocycles. The van der Waals surface area contributed by atoms with E-state index in [0.29, 0.717) is 5.92 Å². The quantitative estimate of drug-likeness (QED) is 0.818. The molecular weight excluding hydrogens is 210 g/mol. The predicted octanol–water partition coefficient (Wildman–Crippen LogP) is 3.05. The normalized spacial score (nSPS) is 34.8. The van der Waals surface area contributed by atoms with Gasteiger partial charge in [-0.1, -0.05) is 39.5 Å². The Labute approximate surface area is 106 Å². The van der Waals surface area contributed by atoms with Crippen molar-refractivity contribution >= 4 is 0 Å². The Balaban J connectivity index is 1.99. The molecule has 1 aliphatic heterocycles. The second-order valence-corrected chi connectivity index (χ2v) is 6.10. The van der Waals surface area contributed by atoms with Crippen molar-refractivity contribution in [3.8, 4) is 0 Å². The zero-order valence-corrected chi connectivity index (χ0v) is 11.6. The number of likely N-dealkylation sites (tertiary alicyclic amines) is 1. The number of piperidine rings is 1. The fourth-order valence-corrected chi connectivity index (χ4v) is 4.03. The summed E-state index contributed by atoms with van der Waals surface area (Å²) in [5.74, 6) is 1.36. The van der Waals surface area contributed by atoms with Crippen LogP contribution in [-0.2, 0) is 0 Å². The molecule has 2 rings (SSSR count). The molecule has 0 radical (unpaired) electrons. The zero-order chi connectivity index (χ0) is 12.3. The van der Waals surface area contributed by atoms with E-state index in [2.05, 4.69) is 18.7 Å². The van der Waals surface area contributed by atoms with E-state index in [9.17, 15) is 5.11 Å². The van der Waals surface area contributed by atoms with Gasteiger partial charge in [0.1, 0.15) is 0 Å². The molecular formula is C15H29NO. The number of rotatable bonds is 3. The minimum atomic E-state index is -0.341. The molecule has 2 atom stereocenters. The molecule has 0 aromatic carbocycles. The van der Waals surface area contributed by atoms with Gasteiger partial charge in [0.25, 0.3) is 0 Å². The van der Waals surface area contributed by atoms with Crippen LogP contribution >= 0.6 is 0 Å². The minimum Gasteiger partial charge on any atom is -0.389 e. The highest BCUT2D eigenvalue weighted by Gasteiger charge is 2.43. The van der Waals surface area contributed by atoms with Crippen LogP contribution < -0.4 is 0 Å². The summed E-state index contributed by atoms with van der Waals surface area (Å²) in [6.07, 6.45) is 8.59. The van der Waals surface area contributed by atoms with Crippen LogP contribution in [0.15, 0.2) is 0 Å². The van der Waals surface area contributed by atoms with E-state index in [0.717, 1.165) is 38.4 Å². The van der Waals surface area contributed by atoms with Gasteiger partial charge in [0.2, 0.25) is 0 Å². The molecule has 1 heterocycles. The van der Waals surface area contributed by atoms with Crippen LogP contribution in [0.25, 0.3) is 0 Å². The van der Waals surface area contributed by atoms with Gasteiger partial charge in [-0.2, -0.15) is 0 Å². The highest BCUT2D eigenvalue weighted by atomic mass is 16.3. The summed E-state index contributed by atoms with van der Waals surface area (Å²) in [4.78, 5) is 2.47. The SMILES string of the molecule is CCC1CCCCC1C1(O)CCN(CC)CC1. The fourth-order valence-electron chi connectivity index (χ4n) is 4.03. The predicted molar refractivity (Wildman–Crippen MR) is 72.0 cm³/mol. The van der Waals surface area contributed by atoms with E-state index in [1.165, 1.54) is 32.1 Å². The molecule has 0 aromatic heterocycles. The van der Waals surface area contributed by atoms with E-state index in [4.69, 9.17) is 0 Å². The van der Waals surface area contributed by atoms with Crippen molar-refractivity contribution in [1.29, 1.82) is 0 Å². The average molecular weight is 239 g/mol. The standard InChI is InChI=1S/C15H29NO/c1-3-13-7-5-6-8-14(13)15(17)9-11-16(4-2)12-10-15/h13-14,17H,3-12H2,1-2H3. The van der Waals surface area contributed by atoms with Gasteiger partial charge in [0, 0.05) is 13.1 Å². The third-order valence-corrected chi connectivity index (χ3v) is 5.29. The first-order valence-corrected chi connectivity index (χ1v) is 7.64. The smallest absolute Gasteiger partial charge is 0.0702 e. The molecule has 0 aromatic rings. The monoisotopic (exact) mass is 239 g/mol. The van der Waals surface area contributed by atoms with Gasteiger partial charge < -0.3 is 10.0 Å². The lowest BCUT2D eigenvalue weighted by Gasteiger charge is -2.47. The molecule has 0 spiro atoms. The van der Waals surface area contributed by atoms with Crippen molar-refractivity contribution in [1.82, 2.24) is 4.90 Å². The number of nitrogens with zero attached hydrogens (tertiary/aromatic N) is 1. The number of hydrogen-bond acceptors (Lipinski definition) is 2. The Bertz CT molecular complexity index is 233. The first-order chi connectivity index (χ1) is 8.19. The lowest BCUT2D eigenvalue weighted by Crippen LogP contribution is -2.51. The van der Waals surface area contributed by atoms with Crippen molar-refractivity contribution < 1.29 is 5.11 Å².